The lowest BCUT2D eigenvalue weighted by Gasteiger charge is -2.32. The van der Waals surface area contributed by atoms with E-state index in [9.17, 15) is 13.2 Å². The summed E-state index contributed by atoms with van der Waals surface area (Å²) in [5, 5.41) is 6.57. The second-order valence-electron chi connectivity index (χ2n) is 7.29. The molecular formula is C20H32F3IN4O. The molecule has 5 nitrogen and oxygen atoms in total. The molecule has 0 bridgehead atoms. The van der Waals surface area contributed by atoms with E-state index in [4.69, 9.17) is 4.74 Å². The number of halogens is 4. The van der Waals surface area contributed by atoms with E-state index >= 15 is 0 Å². The van der Waals surface area contributed by atoms with Gasteiger partial charge in [-0.15, -0.1) is 24.0 Å². The van der Waals surface area contributed by atoms with Crippen LogP contribution in [-0.4, -0.2) is 57.4 Å². The number of alkyl halides is 3. The van der Waals surface area contributed by atoms with Crippen molar-refractivity contribution in [3.8, 4) is 5.75 Å². The highest BCUT2D eigenvalue weighted by atomic mass is 127. The molecule has 2 rings (SSSR count). The third kappa shape index (κ3) is 9.41. The number of nitrogens with one attached hydrogen (secondary N) is 2. The Morgan fingerprint density at radius 2 is 1.93 bits per heavy atom. The number of methoxy groups -OCH3 is 1. The standard InChI is InChI=1S/C20H31F3N4O.HI/c1-15-4-5-17(18(12-15)28-3)13-26-19(24-2)25-9-6-16-7-10-27(11-8-16)14-20(21,22)23;/h4-5,12,16H,6-11,13-14H2,1-3H3,(H2,24,25,26);1H. The average Bonchev–Trinajstić information content (AvgIpc) is 2.65. The summed E-state index contributed by atoms with van der Waals surface area (Å²) < 4.78 is 42.8. The van der Waals surface area contributed by atoms with Crippen molar-refractivity contribution >= 4 is 29.9 Å². The lowest BCUT2D eigenvalue weighted by Crippen LogP contribution is -2.41. The zero-order valence-electron chi connectivity index (χ0n) is 17.3. The molecule has 0 aliphatic carbocycles. The SMILES string of the molecule is CN=C(NCCC1CCN(CC(F)(F)F)CC1)NCc1ccc(C)cc1OC.I. The number of aliphatic imine (C=N–C) groups is 1. The Bertz CT molecular complexity index is 647. The van der Waals surface area contributed by atoms with Crippen LogP contribution in [-0.2, 0) is 6.54 Å². The quantitative estimate of drug-likeness (QED) is 0.320. The molecule has 1 aliphatic rings. The van der Waals surface area contributed by atoms with Crippen molar-refractivity contribution in [1.29, 1.82) is 0 Å². The maximum Gasteiger partial charge on any atom is 0.401 e. The van der Waals surface area contributed by atoms with Gasteiger partial charge in [0.15, 0.2) is 5.96 Å². The Morgan fingerprint density at radius 3 is 2.52 bits per heavy atom. The molecule has 1 aromatic rings. The van der Waals surface area contributed by atoms with Gasteiger partial charge in [0.2, 0.25) is 0 Å². The number of hydrogen-bond donors (Lipinski definition) is 2. The molecule has 2 N–H and O–H groups in total. The molecule has 0 aromatic heterocycles. The fraction of sp³-hybridized carbons (Fsp3) is 0.650. The highest BCUT2D eigenvalue weighted by Crippen LogP contribution is 2.24. The van der Waals surface area contributed by atoms with Crippen LogP contribution >= 0.6 is 24.0 Å². The van der Waals surface area contributed by atoms with Crippen LogP contribution in [0.5, 0.6) is 5.75 Å². The van der Waals surface area contributed by atoms with E-state index in [-0.39, 0.29) is 24.0 Å². The maximum atomic E-state index is 12.5. The Morgan fingerprint density at radius 1 is 1.24 bits per heavy atom. The minimum Gasteiger partial charge on any atom is -0.496 e. The second kappa shape index (κ2) is 12.5. The summed E-state index contributed by atoms with van der Waals surface area (Å²) >= 11 is 0. The Hall–Kier alpha value is -1.23. The zero-order chi connectivity index (χ0) is 20.6. The summed E-state index contributed by atoms with van der Waals surface area (Å²) in [4.78, 5) is 5.73. The van der Waals surface area contributed by atoms with Crippen LogP contribution in [0.2, 0.25) is 0 Å². The fourth-order valence-electron chi connectivity index (χ4n) is 3.48. The first-order valence-corrected chi connectivity index (χ1v) is 9.68. The van der Waals surface area contributed by atoms with Gasteiger partial charge in [0.05, 0.1) is 13.7 Å². The number of hydrogen-bond acceptors (Lipinski definition) is 3. The van der Waals surface area contributed by atoms with Crippen LogP contribution in [0, 0.1) is 12.8 Å². The molecule has 1 fully saturated rings. The Kier molecular flexibility index (Phi) is 11.1. The highest BCUT2D eigenvalue weighted by molar-refractivity contribution is 14.0. The summed E-state index contributed by atoms with van der Waals surface area (Å²) in [5.41, 5.74) is 2.19. The fourth-order valence-corrected chi connectivity index (χ4v) is 3.48. The molecule has 0 radical (unpaired) electrons. The van der Waals surface area contributed by atoms with E-state index in [0.29, 0.717) is 31.5 Å². The van der Waals surface area contributed by atoms with E-state index < -0.39 is 12.7 Å². The molecule has 1 saturated heterocycles. The molecule has 0 atom stereocenters. The molecule has 1 aliphatic heterocycles. The Balaban J connectivity index is 0.00000420. The average molecular weight is 528 g/mol. The lowest BCUT2D eigenvalue weighted by atomic mass is 9.93. The van der Waals surface area contributed by atoms with Gasteiger partial charge >= 0.3 is 6.18 Å². The van der Waals surface area contributed by atoms with Crippen molar-refractivity contribution in [2.24, 2.45) is 10.9 Å². The van der Waals surface area contributed by atoms with Crippen LogP contribution in [0.4, 0.5) is 13.2 Å². The van der Waals surface area contributed by atoms with Gasteiger partial charge < -0.3 is 15.4 Å². The van der Waals surface area contributed by atoms with E-state index in [1.165, 1.54) is 4.90 Å². The number of ether oxygens (including phenoxy) is 1. The number of nitrogens with zero attached hydrogens (tertiary/aromatic N) is 2. The first-order valence-electron chi connectivity index (χ1n) is 9.68. The van der Waals surface area contributed by atoms with Gasteiger partial charge in [-0.1, -0.05) is 12.1 Å². The molecule has 0 unspecified atom stereocenters. The number of benzene rings is 1. The van der Waals surface area contributed by atoms with Crippen molar-refractivity contribution in [3.63, 3.8) is 0 Å². The summed E-state index contributed by atoms with van der Waals surface area (Å²) in [6.07, 6.45) is -1.56. The molecule has 29 heavy (non-hydrogen) atoms. The van der Waals surface area contributed by atoms with Crippen LogP contribution in [0.15, 0.2) is 23.2 Å². The molecule has 0 saturated carbocycles. The van der Waals surface area contributed by atoms with Gasteiger partial charge in [0, 0.05) is 25.7 Å². The van der Waals surface area contributed by atoms with Crippen LogP contribution in [0.1, 0.15) is 30.4 Å². The van der Waals surface area contributed by atoms with Crippen molar-refractivity contribution in [3.05, 3.63) is 29.3 Å². The van der Waals surface area contributed by atoms with E-state index in [2.05, 4.69) is 15.6 Å². The van der Waals surface area contributed by atoms with Gasteiger partial charge in [-0.05, 0) is 56.8 Å². The number of aryl methyl sites for hydroxylation is 1. The van der Waals surface area contributed by atoms with Crippen molar-refractivity contribution in [2.45, 2.75) is 38.9 Å². The second-order valence-corrected chi connectivity index (χ2v) is 7.29. The van der Waals surface area contributed by atoms with Gasteiger partial charge in [0.25, 0.3) is 0 Å². The largest absolute Gasteiger partial charge is 0.496 e. The Labute approximate surface area is 188 Å². The lowest BCUT2D eigenvalue weighted by molar-refractivity contribution is -0.148. The predicted molar refractivity (Wildman–Crippen MR) is 121 cm³/mol. The first-order chi connectivity index (χ1) is 13.3. The third-order valence-corrected chi connectivity index (χ3v) is 5.07. The zero-order valence-corrected chi connectivity index (χ0v) is 19.6. The van der Waals surface area contributed by atoms with E-state index in [0.717, 1.165) is 42.7 Å². The topological polar surface area (TPSA) is 48.9 Å². The van der Waals surface area contributed by atoms with Crippen LogP contribution < -0.4 is 15.4 Å². The van der Waals surface area contributed by atoms with E-state index in [1.807, 2.05) is 25.1 Å². The third-order valence-electron chi connectivity index (χ3n) is 5.07. The van der Waals surface area contributed by atoms with E-state index in [1.54, 1.807) is 14.2 Å². The van der Waals surface area contributed by atoms with Crippen LogP contribution in [0.3, 0.4) is 0 Å². The normalized spacial score (nSPS) is 16.3. The smallest absolute Gasteiger partial charge is 0.401 e. The summed E-state index contributed by atoms with van der Waals surface area (Å²) in [7, 11) is 3.38. The molecule has 9 heteroatoms. The number of guanidine groups is 1. The number of piperidine rings is 1. The number of rotatable bonds is 7. The molecule has 0 spiro atoms. The van der Waals surface area contributed by atoms with Crippen LogP contribution in [0.25, 0.3) is 0 Å². The number of likely N-dealkylation sites (tertiary alicyclic amines) is 1. The monoisotopic (exact) mass is 528 g/mol. The molecule has 1 heterocycles. The van der Waals surface area contributed by atoms with Gasteiger partial charge in [-0.2, -0.15) is 13.2 Å². The maximum absolute atomic E-state index is 12.5. The summed E-state index contributed by atoms with van der Waals surface area (Å²) in [5.74, 6) is 2.00. The molecule has 166 valence electrons. The molecule has 0 amide bonds. The molecular weight excluding hydrogens is 496 g/mol. The van der Waals surface area contributed by atoms with Crippen molar-refractivity contribution in [1.82, 2.24) is 15.5 Å². The minimum atomic E-state index is -4.10. The van der Waals surface area contributed by atoms with Crippen molar-refractivity contribution < 1.29 is 17.9 Å². The first kappa shape index (κ1) is 25.8. The van der Waals surface area contributed by atoms with Gasteiger partial charge in [-0.25, -0.2) is 0 Å². The predicted octanol–water partition coefficient (Wildman–Crippen LogP) is 3.95. The van der Waals surface area contributed by atoms with Gasteiger partial charge in [0.1, 0.15) is 5.75 Å². The van der Waals surface area contributed by atoms with Crippen molar-refractivity contribution in [2.75, 3.05) is 40.3 Å². The van der Waals surface area contributed by atoms with Gasteiger partial charge in [-0.3, -0.25) is 9.89 Å². The highest BCUT2D eigenvalue weighted by Gasteiger charge is 2.32. The molecule has 1 aromatic carbocycles. The summed E-state index contributed by atoms with van der Waals surface area (Å²) in [6, 6.07) is 6.07. The minimum absolute atomic E-state index is 0. The summed E-state index contributed by atoms with van der Waals surface area (Å²) in [6.45, 7) is 3.60.